The van der Waals surface area contributed by atoms with Crippen LogP contribution in [0.25, 0.3) is 0 Å². The number of imidazole rings is 1. The maximum absolute atomic E-state index is 12.9. The van der Waals surface area contributed by atoms with Crippen LogP contribution < -0.4 is 4.90 Å². The maximum atomic E-state index is 12.9. The van der Waals surface area contributed by atoms with Crippen LogP contribution >= 0.6 is 11.8 Å². The van der Waals surface area contributed by atoms with Crippen molar-refractivity contribution in [1.29, 1.82) is 0 Å². The number of anilines is 1. The lowest BCUT2D eigenvalue weighted by Crippen LogP contribution is -2.36. The van der Waals surface area contributed by atoms with E-state index < -0.39 is 0 Å². The van der Waals surface area contributed by atoms with Crippen LogP contribution in [-0.4, -0.2) is 32.9 Å². The number of nitrogens with zero attached hydrogens (tertiary/aromatic N) is 3. The Morgan fingerprint density at radius 1 is 1.17 bits per heavy atom. The van der Waals surface area contributed by atoms with Crippen LogP contribution in [0.3, 0.4) is 0 Å². The monoisotopic (exact) mass is 407 g/mol. The Labute approximate surface area is 175 Å². The minimum Gasteiger partial charge on any atom is -0.390 e. The first-order valence-electron chi connectivity index (χ1n) is 9.87. The Hall–Kier alpha value is -2.57. The van der Waals surface area contributed by atoms with Gasteiger partial charge in [-0.05, 0) is 37.0 Å². The molecule has 0 fully saturated rings. The zero-order valence-corrected chi connectivity index (χ0v) is 17.4. The van der Waals surface area contributed by atoms with Crippen molar-refractivity contribution in [3.05, 3.63) is 77.1 Å². The molecule has 0 saturated heterocycles. The number of carbonyl (C=O) groups excluding carboxylic acids is 1. The van der Waals surface area contributed by atoms with Gasteiger partial charge in [0.1, 0.15) is 0 Å². The number of hydrogen-bond donors (Lipinski definition) is 1. The third-order valence-corrected chi connectivity index (χ3v) is 6.24. The number of aliphatic hydroxyl groups excluding tert-OH is 1. The molecule has 3 aromatic rings. The van der Waals surface area contributed by atoms with Gasteiger partial charge >= 0.3 is 0 Å². The minimum absolute atomic E-state index is 0.0765. The fraction of sp³-hybridized carbons (Fsp3) is 0.304. The highest BCUT2D eigenvalue weighted by Crippen LogP contribution is 2.28. The molecule has 1 N–H and O–H groups in total. The van der Waals surface area contributed by atoms with Crippen molar-refractivity contribution in [3.63, 3.8) is 0 Å². The first-order valence-corrected chi connectivity index (χ1v) is 10.9. The summed E-state index contributed by atoms with van der Waals surface area (Å²) in [5, 5.41) is 10.5. The minimum atomic E-state index is -0.0765. The smallest absolute Gasteiger partial charge is 0.237 e. The quantitative estimate of drug-likeness (QED) is 0.632. The first-order chi connectivity index (χ1) is 14.2. The molecule has 0 radical (unpaired) electrons. The largest absolute Gasteiger partial charge is 0.390 e. The summed E-state index contributed by atoms with van der Waals surface area (Å²) in [5.41, 5.74) is 5.37. The number of aryl methyl sites for hydroxylation is 2. The number of aliphatic hydroxyl groups is 1. The molecule has 1 aliphatic heterocycles. The molecule has 150 valence electrons. The number of rotatable bonds is 6. The predicted molar refractivity (Wildman–Crippen MR) is 116 cm³/mol. The van der Waals surface area contributed by atoms with Crippen LogP contribution in [-0.2, 0) is 24.4 Å². The van der Waals surface area contributed by atoms with Crippen molar-refractivity contribution in [3.8, 4) is 0 Å². The van der Waals surface area contributed by atoms with Gasteiger partial charge in [0, 0.05) is 18.8 Å². The second kappa shape index (κ2) is 8.84. The number of carbonyl (C=O) groups is 1. The average molecular weight is 408 g/mol. The Balaban J connectivity index is 1.48. The molecule has 0 saturated carbocycles. The van der Waals surface area contributed by atoms with Gasteiger partial charge in [-0.1, -0.05) is 59.8 Å². The van der Waals surface area contributed by atoms with Crippen LogP contribution in [0.1, 0.15) is 28.8 Å². The molecule has 1 amide bonds. The summed E-state index contributed by atoms with van der Waals surface area (Å²) in [5.74, 6) is 0.419. The van der Waals surface area contributed by atoms with E-state index >= 15 is 0 Å². The highest BCUT2D eigenvalue weighted by molar-refractivity contribution is 7.99. The molecule has 4 rings (SSSR count). The Kier molecular flexibility index (Phi) is 6.02. The lowest BCUT2D eigenvalue weighted by atomic mass is 10.0. The topological polar surface area (TPSA) is 58.4 Å². The second-order valence-electron chi connectivity index (χ2n) is 7.33. The van der Waals surface area contributed by atoms with Crippen LogP contribution in [0.4, 0.5) is 5.69 Å². The predicted octanol–water partition coefficient (Wildman–Crippen LogP) is 3.80. The fourth-order valence-electron chi connectivity index (χ4n) is 3.68. The summed E-state index contributed by atoms with van der Waals surface area (Å²) in [6, 6.07) is 16.5. The van der Waals surface area contributed by atoms with E-state index in [4.69, 9.17) is 0 Å². The zero-order valence-electron chi connectivity index (χ0n) is 16.5. The van der Waals surface area contributed by atoms with Crippen LogP contribution in [0.5, 0.6) is 0 Å². The maximum Gasteiger partial charge on any atom is 0.237 e. The van der Waals surface area contributed by atoms with Crippen molar-refractivity contribution in [2.75, 3.05) is 17.2 Å². The lowest BCUT2D eigenvalue weighted by Gasteiger charge is -2.29. The highest BCUT2D eigenvalue weighted by atomic mass is 32.2. The summed E-state index contributed by atoms with van der Waals surface area (Å²) >= 11 is 1.43. The summed E-state index contributed by atoms with van der Waals surface area (Å²) in [4.78, 5) is 19.3. The van der Waals surface area contributed by atoms with Gasteiger partial charge in [-0.15, -0.1) is 0 Å². The van der Waals surface area contributed by atoms with E-state index in [0.717, 1.165) is 41.5 Å². The summed E-state index contributed by atoms with van der Waals surface area (Å²) < 4.78 is 1.99. The zero-order chi connectivity index (χ0) is 20.2. The van der Waals surface area contributed by atoms with E-state index in [1.165, 1.54) is 22.9 Å². The molecule has 0 bridgehead atoms. The molecular weight excluding hydrogens is 382 g/mol. The van der Waals surface area contributed by atoms with Crippen molar-refractivity contribution in [1.82, 2.24) is 9.55 Å². The number of aromatic nitrogens is 2. The molecule has 5 nitrogen and oxygen atoms in total. The molecule has 29 heavy (non-hydrogen) atoms. The molecule has 1 aromatic heterocycles. The van der Waals surface area contributed by atoms with Gasteiger partial charge in [-0.2, -0.15) is 0 Å². The fourth-order valence-corrected chi connectivity index (χ4v) is 4.55. The Morgan fingerprint density at radius 3 is 2.76 bits per heavy atom. The first kappa shape index (κ1) is 19.7. The number of hydrogen-bond acceptors (Lipinski definition) is 4. The molecule has 2 aromatic carbocycles. The summed E-state index contributed by atoms with van der Waals surface area (Å²) in [6.07, 6.45) is 3.70. The second-order valence-corrected chi connectivity index (χ2v) is 8.27. The van der Waals surface area contributed by atoms with Crippen LogP contribution in [0.15, 0.2) is 59.9 Å². The molecule has 2 heterocycles. The number of fused-ring (bicyclic) bond motifs is 1. The van der Waals surface area contributed by atoms with E-state index in [0.29, 0.717) is 12.3 Å². The number of benzene rings is 2. The van der Waals surface area contributed by atoms with Crippen molar-refractivity contribution in [2.24, 2.45) is 0 Å². The SMILES string of the molecule is Cc1ccc(Cn2c(CO)cnc2SCC(=O)N2CCCc3ccccc32)cc1. The number of amides is 1. The van der Waals surface area contributed by atoms with Crippen molar-refractivity contribution >= 4 is 23.4 Å². The summed E-state index contributed by atoms with van der Waals surface area (Å²) in [6.45, 7) is 3.37. The van der Waals surface area contributed by atoms with Gasteiger partial charge in [-0.25, -0.2) is 4.98 Å². The van der Waals surface area contributed by atoms with E-state index in [1.54, 1.807) is 6.20 Å². The lowest BCUT2D eigenvalue weighted by molar-refractivity contribution is -0.116. The Morgan fingerprint density at radius 2 is 1.97 bits per heavy atom. The van der Waals surface area contributed by atoms with Gasteiger partial charge in [0.25, 0.3) is 0 Å². The Bertz CT molecular complexity index is 998. The molecular formula is C23H25N3O2S. The van der Waals surface area contributed by atoms with Crippen LogP contribution in [0, 0.1) is 6.92 Å². The normalized spacial score (nSPS) is 13.4. The average Bonchev–Trinajstić information content (AvgIpc) is 3.14. The molecule has 0 unspecified atom stereocenters. The molecule has 0 spiro atoms. The third-order valence-electron chi connectivity index (χ3n) is 5.26. The van der Waals surface area contributed by atoms with Gasteiger partial charge < -0.3 is 14.6 Å². The molecule has 6 heteroatoms. The van der Waals surface area contributed by atoms with Gasteiger partial charge in [0.05, 0.1) is 24.3 Å². The number of para-hydroxylation sites is 1. The highest BCUT2D eigenvalue weighted by Gasteiger charge is 2.23. The number of thioether (sulfide) groups is 1. The van der Waals surface area contributed by atoms with E-state index in [-0.39, 0.29) is 12.5 Å². The molecule has 0 atom stereocenters. The van der Waals surface area contributed by atoms with Crippen molar-refractivity contribution in [2.45, 2.75) is 38.1 Å². The molecule has 1 aliphatic rings. The van der Waals surface area contributed by atoms with E-state index in [1.807, 2.05) is 27.7 Å². The standard InChI is InChI=1S/C23H25N3O2S/c1-17-8-10-18(11-9-17)14-26-20(15-27)13-24-23(26)29-16-22(28)25-12-4-6-19-5-2-3-7-21(19)25/h2-3,5,7-11,13,27H,4,6,12,14-16H2,1H3. The molecule has 0 aliphatic carbocycles. The van der Waals surface area contributed by atoms with E-state index in [2.05, 4.69) is 42.2 Å². The van der Waals surface area contributed by atoms with Crippen LogP contribution in [0.2, 0.25) is 0 Å². The summed E-state index contributed by atoms with van der Waals surface area (Å²) in [7, 11) is 0. The van der Waals surface area contributed by atoms with E-state index in [9.17, 15) is 9.90 Å². The van der Waals surface area contributed by atoms with Crippen molar-refractivity contribution < 1.29 is 9.90 Å². The third kappa shape index (κ3) is 4.38. The van der Waals surface area contributed by atoms with Gasteiger partial charge in [-0.3, -0.25) is 4.79 Å². The van der Waals surface area contributed by atoms with Gasteiger partial charge in [0.15, 0.2) is 5.16 Å². The van der Waals surface area contributed by atoms with Gasteiger partial charge in [0.2, 0.25) is 5.91 Å².